The predicted octanol–water partition coefficient (Wildman–Crippen LogP) is 2.97. The lowest BCUT2D eigenvalue weighted by Crippen LogP contribution is -1.99. The van der Waals surface area contributed by atoms with E-state index >= 15 is 0 Å². The Labute approximate surface area is 119 Å². The molecule has 0 unspecified atom stereocenters. The van der Waals surface area contributed by atoms with Crippen molar-refractivity contribution >= 4 is 28.1 Å². The fourth-order valence-electron chi connectivity index (χ4n) is 2.02. The zero-order chi connectivity index (χ0) is 14.8. The van der Waals surface area contributed by atoms with Gasteiger partial charge in [-0.05, 0) is 36.4 Å². The summed E-state index contributed by atoms with van der Waals surface area (Å²) in [6.07, 6.45) is 1.41. The van der Waals surface area contributed by atoms with Crippen molar-refractivity contribution in [3.8, 4) is 6.07 Å². The van der Waals surface area contributed by atoms with Crippen molar-refractivity contribution in [2.24, 2.45) is 0 Å². The molecule has 0 amide bonds. The van der Waals surface area contributed by atoms with E-state index in [1.807, 2.05) is 6.07 Å². The summed E-state index contributed by atoms with van der Waals surface area (Å²) >= 11 is 0. The first-order valence-corrected chi connectivity index (χ1v) is 6.14. The van der Waals surface area contributed by atoms with Crippen LogP contribution in [-0.2, 0) is 0 Å². The zero-order valence-electron chi connectivity index (χ0n) is 10.8. The van der Waals surface area contributed by atoms with Gasteiger partial charge in [-0.2, -0.15) is 5.26 Å². The molecule has 2 aromatic carbocycles. The average Bonchev–Trinajstić information content (AvgIpc) is 2.49. The number of fused-ring (bicyclic) bond motifs is 1. The molecular weight excluding hydrogens is 269 g/mol. The van der Waals surface area contributed by atoms with Gasteiger partial charge < -0.3 is 11.1 Å². The van der Waals surface area contributed by atoms with Crippen molar-refractivity contribution < 1.29 is 4.39 Å². The van der Waals surface area contributed by atoms with Gasteiger partial charge in [0.05, 0.1) is 16.8 Å². The van der Waals surface area contributed by atoms with Gasteiger partial charge in [-0.3, -0.25) is 0 Å². The van der Waals surface area contributed by atoms with Gasteiger partial charge in [0.25, 0.3) is 0 Å². The second-order valence-corrected chi connectivity index (χ2v) is 4.43. The van der Waals surface area contributed by atoms with E-state index < -0.39 is 5.82 Å². The summed E-state index contributed by atoms with van der Waals surface area (Å²) in [5.74, 6) is 0.0456. The molecule has 0 aliphatic carbocycles. The smallest absolute Gasteiger partial charge is 0.141 e. The summed E-state index contributed by atoms with van der Waals surface area (Å²) < 4.78 is 13.2. The number of rotatable bonds is 2. The highest BCUT2D eigenvalue weighted by Crippen LogP contribution is 2.26. The Morgan fingerprint density at radius 3 is 2.81 bits per heavy atom. The Morgan fingerprint density at radius 2 is 2.00 bits per heavy atom. The van der Waals surface area contributed by atoms with Gasteiger partial charge in [0.15, 0.2) is 0 Å². The molecule has 0 aliphatic heterocycles. The number of nitrogens with two attached hydrogens (primary N) is 1. The first kappa shape index (κ1) is 12.8. The Balaban J connectivity index is 2.11. The number of benzene rings is 2. The third kappa shape index (κ3) is 2.44. The second kappa shape index (κ2) is 5.06. The number of nitrogen functional groups attached to an aromatic ring is 1. The standard InChI is InChI=1S/C15H10FN5/c16-10-1-3-13(9(5-10)7-17)21-15-12-6-11(18)2-4-14(12)19-8-20-15/h1-6,8H,18H2,(H,19,20,21). The minimum absolute atomic E-state index is 0.200. The first-order chi connectivity index (χ1) is 10.2. The summed E-state index contributed by atoms with van der Waals surface area (Å²) in [6, 6.07) is 11.2. The molecule has 21 heavy (non-hydrogen) atoms. The minimum atomic E-state index is -0.464. The van der Waals surface area contributed by atoms with E-state index in [1.54, 1.807) is 18.2 Å². The lowest BCUT2D eigenvalue weighted by molar-refractivity contribution is 0.627. The zero-order valence-corrected chi connectivity index (χ0v) is 10.8. The molecule has 0 saturated heterocycles. The van der Waals surface area contributed by atoms with Crippen LogP contribution in [0.1, 0.15) is 5.56 Å². The van der Waals surface area contributed by atoms with Gasteiger partial charge in [-0.1, -0.05) is 0 Å². The van der Waals surface area contributed by atoms with Crippen molar-refractivity contribution in [1.82, 2.24) is 9.97 Å². The molecular formula is C15H10FN5. The van der Waals surface area contributed by atoms with Gasteiger partial charge >= 0.3 is 0 Å². The summed E-state index contributed by atoms with van der Waals surface area (Å²) in [7, 11) is 0. The van der Waals surface area contributed by atoms with E-state index in [-0.39, 0.29) is 5.56 Å². The Hall–Kier alpha value is -3.20. The summed E-state index contributed by atoms with van der Waals surface area (Å²) in [5, 5.41) is 12.8. The third-order valence-corrected chi connectivity index (χ3v) is 3.01. The molecule has 5 nitrogen and oxygen atoms in total. The van der Waals surface area contributed by atoms with Gasteiger partial charge in [0.2, 0.25) is 0 Å². The lowest BCUT2D eigenvalue weighted by atomic mass is 10.1. The number of halogens is 1. The van der Waals surface area contributed by atoms with Crippen molar-refractivity contribution in [3.63, 3.8) is 0 Å². The molecule has 0 radical (unpaired) electrons. The Bertz CT molecular complexity index is 870. The number of nitrogens with one attached hydrogen (secondary N) is 1. The van der Waals surface area contributed by atoms with Crippen LogP contribution >= 0.6 is 0 Å². The SMILES string of the molecule is N#Cc1cc(F)ccc1Nc1ncnc2ccc(N)cc12. The molecule has 6 heteroatoms. The van der Waals surface area contributed by atoms with Crippen LogP contribution in [0.25, 0.3) is 10.9 Å². The van der Waals surface area contributed by atoms with E-state index in [0.29, 0.717) is 17.2 Å². The van der Waals surface area contributed by atoms with E-state index in [1.165, 1.54) is 24.5 Å². The predicted molar refractivity (Wildman–Crippen MR) is 78.3 cm³/mol. The van der Waals surface area contributed by atoms with Crippen molar-refractivity contribution in [3.05, 3.63) is 54.1 Å². The molecule has 0 aliphatic rings. The molecule has 3 rings (SSSR count). The number of hydrogen-bond acceptors (Lipinski definition) is 5. The Kier molecular flexibility index (Phi) is 3.09. The monoisotopic (exact) mass is 279 g/mol. The molecule has 3 N–H and O–H groups in total. The number of hydrogen-bond donors (Lipinski definition) is 2. The van der Waals surface area contributed by atoms with Crippen LogP contribution in [0.15, 0.2) is 42.7 Å². The maximum atomic E-state index is 13.2. The van der Waals surface area contributed by atoms with E-state index in [9.17, 15) is 4.39 Å². The molecule has 0 saturated carbocycles. The van der Waals surface area contributed by atoms with Crippen LogP contribution in [0.3, 0.4) is 0 Å². The van der Waals surface area contributed by atoms with Crippen LogP contribution in [0, 0.1) is 17.1 Å². The molecule has 0 fully saturated rings. The quantitative estimate of drug-likeness (QED) is 0.704. The minimum Gasteiger partial charge on any atom is -0.399 e. The summed E-state index contributed by atoms with van der Waals surface area (Å²) in [5.41, 5.74) is 7.76. The topological polar surface area (TPSA) is 87.6 Å². The number of aromatic nitrogens is 2. The molecule has 1 heterocycles. The highest BCUT2D eigenvalue weighted by atomic mass is 19.1. The van der Waals surface area contributed by atoms with Crippen molar-refractivity contribution in [1.29, 1.82) is 5.26 Å². The highest BCUT2D eigenvalue weighted by molar-refractivity contribution is 5.93. The van der Waals surface area contributed by atoms with E-state index in [2.05, 4.69) is 15.3 Å². The second-order valence-electron chi connectivity index (χ2n) is 4.43. The molecule has 3 aromatic rings. The van der Waals surface area contributed by atoms with Gasteiger partial charge in [-0.15, -0.1) is 0 Å². The molecule has 0 bridgehead atoms. The molecule has 0 spiro atoms. The largest absolute Gasteiger partial charge is 0.399 e. The molecule has 1 aromatic heterocycles. The third-order valence-electron chi connectivity index (χ3n) is 3.01. The van der Waals surface area contributed by atoms with Crippen LogP contribution in [0.2, 0.25) is 0 Å². The van der Waals surface area contributed by atoms with E-state index in [4.69, 9.17) is 11.0 Å². The fraction of sp³-hybridized carbons (Fsp3) is 0. The number of nitrogens with zero attached hydrogens (tertiary/aromatic N) is 3. The van der Waals surface area contributed by atoms with Gasteiger partial charge in [0.1, 0.15) is 24.0 Å². The molecule has 0 atom stereocenters. The average molecular weight is 279 g/mol. The maximum Gasteiger partial charge on any atom is 0.141 e. The summed E-state index contributed by atoms with van der Waals surface area (Å²) in [4.78, 5) is 8.31. The highest BCUT2D eigenvalue weighted by Gasteiger charge is 2.08. The number of nitriles is 1. The van der Waals surface area contributed by atoms with E-state index in [0.717, 1.165) is 10.9 Å². The van der Waals surface area contributed by atoms with Crippen LogP contribution < -0.4 is 11.1 Å². The molecule has 102 valence electrons. The maximum absolute atomic E-state index is 13.2. The van der Waals surface area contributed by atoms with Crippen LogP contribution in [0.5, 0.6) is 0 Å². The van der Waals surface area contributed by atoms with Crippen molar-refractivity contribution in [2.75, 3.05) is 11.1 Å². The van der Waals surface area contributed by atoms with Gasteiger partial charge in [-0.25, -0.2) is 14.4 Å². The fourth-order valence-corrected chi connectivity index (χ4v) is 2.02. The van der Waals surface area contributed by atoms with Crippen LogP contribution in [0.4, 0.5) is 21.6 Å². The van der Waals surface area contributed by atoms with Gasteiger partial charge in [0, 0.05) is 11.1 Å². The lowest BCUT2D eigenvalue weighted by Gasteiger charge is -2.10. The van der Waals surface area contributed by atoms with Crippen molar-refractivity contribution in [2.45, 2.75) is 0 Å². The Morgan fingerprint density at radius 1 is 1.14 bits per heavy atom. The van der Waals surface area contributed by atoms with Crippen LogP contribution in [-0.4, -0.2) is 9.97 Å². The summed E-state index contributed by atoms with van der Waals surface area (Å²) in [6.45, 7) is 0. The number of anilines is 3. The first-order valence-electron chi connectivity index (χ1n) is 6.14. The normalized spacial score (nSPS) is 10.3.